The lowest BCUT2D eigenvalue weighted by atomic mass is 10.1. The van der Waals surface area contributed by atoms with E-state index in [0.717, 1.165) is 22.5 Å². The lowest BCUT2D eigenvalue weighted by Gasteiger charge is -2.14. The monoisotopic (exact) mass is 608 g/mol. The summed E-state index contributed by atoms with van der Waals surface area (Å²) in [5.74, 6) is 0.0487. The van der Waals surface area contributed by atoms with Gasteiger partial charge in [0.15, 0.2) is 5.17 Å². The number of anilines is 1. The van der Waals surface area contributed by atoms with Crippen molar-refractivity contribution in [2.45, 2.75) is 18.2 Å². The predicted octanol–water partition coefficient (Wildman–Crippen LogP) is 6.65. The smallest absolute Gasteiger partial charge is 0.243 e. The van der Waals surface area contributed by atoms with Crippen LogP contribution in [0.25, 0.3) is 16.9 Å². The third-order valence-electron chi connectivity index (χ3n) is 6.56. The Hall–Kier alpha value is -4.93. The van der Waals surface area contributed by atoms with Gasteiger partial charge in [0.2, 0.25) is 11.8 Å². The van der Waals surface area contributed by atoms with Crippen LogP contribution in [0.3, 0.4) is 0 Å². The molecule has 3 heterocycles. The number of hydrogen-bond donors (Lipinski definition) is 1. The molecule has 0 saturated carbocycles. The quantitative estimate of drug-likeness (QED) is 0.149. The largest absolute Gasteiger partial charge is 0.467 e. The fourth-order valence-corrected chi connectivity index (χ4v) is 5.71. The van der Waals surface area contributed by atoms with E-state index in [2.05, 4.69) is 15.5 Å². The van der Waals surface area contributed by atoms with Gasteiger partial charge in [-0.3, -0.25) is 14.5 Å². The summed E-state index contributed by atoms with van der Waals surface area (Å²) >= 11 is 7.14. The number of nitrogens with zero attached hydrogens (tertiary/aromatic N) is 5. The fraction of sp³-hybridized carbons (Fsp3) is 0.0938. The minimum absolute atomic E-state index is 0.0362. The number of carbonyl (C=O) groups excluding carboxylic acids is 2. The summed E-state index contributed by atoms with van der Waals surface area (Å²) in [6.07, 6.45) is 5.02. The molecule has 3 aromatic carbocycles. The van der Waals surface area contributed by atoms with Crippen LogP contribution in [-0.2, 0) is 16.1 Å². The molecule has 1 atom stereocenters. The standard InChI is InChI=1S/C32H25ClN6O3S/c33-24-13-15-25(16-14-24)35-29(40)18-28-31(41)38(21-27-12-7-17-42-27)32(43-28)36-34-19-23-20-39(26-10-5-2-6-11-26)37-30(23)22-8-3-1-4-9-22/h1-17,19-20,28H,18,21H2,(H,35,40)/b34-19+,36-32-. The maximum atomic E-state index is 13.4. The molecule has 0 radical (unpaired) electrons. The number of halogens is 1. The van der Waals surface area contributed by atoms with Crippen molar-refractivity contribution in [1.82, 2.24) is 14.7 Å². The molecule has 1 fully saturated rings. The van der Waals surface area contributed by atoms with Crippen LogP contribution in [0.15, 0.2) is 124 Å². The van der Waals surface area contributed by atoms with Crippen molar-refractivity contribution in [2.24, 2.45) is 10.2 Å². The van der Waals surface area contributed by atoms with Crippen LogP contribution in [0, 0.1) is 0 Å². The van der Waals surface area contributed by atoms with E-state index in [0.29, 0.717) is 21.6 Å². The molecule has 1 aliphatic rings. The zero-order chi connectivity index (χ0) is 29.6. The second-order valence-electron chi connectivity index (χ2n) is 9.58. The van der Waals surface area contributed by atoms with Crippen molar-refractivity contribution in [3.63, 3.8) is 0 Å². The second-order valence-corrected chi connectivity index (χ2v) is 11.2. The van der Waals surface area contributed by atoms with Gasteiger partial charge in [-0.15, -0.1) is 5.10 Å². The maximum Gasteiger partial charge on any atom is 0.243 e. The zero-order valence-corrected chi connectivity index (χ0v) is 24.3. The Bertz CT molecular complexity index is 1770. The molecule has 1 aliphatic heterocycles. The maximum absolute atomic E-state index is 13.4. The summed E-state index contributed by atoms with van der Waals surface area (Å²) in [7, 11) is 0. The lowest BCUT2D eigenvalue weighted by Crippen LogP contribution is -2.33. The first-order chi connectivity index (χ1) is 21.0. The number of amides is 2. The van der Waals surface area contributed by atoms with Crippen LogP contribution < -0.4 is 5.32 Å². The molecule has 0 bridgehead atoms. The topological polar surface area (TPSA) is 105 Å². The molecule has 6 rings (SSSR count). The number of benzene rings is 3. The van der Waals surface area contributed by atoms with Crippen LogP contribution in [0.4, 0.5) is 5.69 Å². The molecule has 2 aromatic heterocycles. The van der Waals surface area contributed by atoms with Crippen LogP contribution in [-0.4, -0.2) is 43.1 Å². The molecule has 1 N–H and O–H groups in total. The lowest BCUT2D eigenvalue weighted by molar-refractivity contribution is -0.128. The third-order valence-corrected chi connectivity index (χ3v) is 7.98. The van der Waals surface area contributed by atoms with Gasteiger partial charge in [0, 0.05) is 34.5 Å². The number of carbonyl (C=O) groups is 2. The first kappa shape index (κ1) is 28.2. The van der Waals surface area contributed by atoms with E-state index in [4.69, 9.17) is 21.1 Å². The zero-order valence-electron chi connectivity index (χ0n) is 22.7. The summed E-state index contributed by atoms with van der Waals surface area (Å²) in [6, 6.07) is 29.9. The molecule has 214 valence electrons. The van der Waals surface area contributed by atoms with E-state index >= 15 is 0 Å². The van der Waals surface area contributed by atoms with E-state index in [-0.39, 0.29) is 24.8 Å². The number of para-hydroxylation sites is 1. The van der Waals surface area contributed by atoms with Gasteiger partial charge in [-0.05, 0) is 48.5 Å². The van der Waals surface area contributed by atoms with Crippen LogP contribution in [0.2, 0.25) is 5.02 Å². The third kappa shape index (κ3) is 6.77. The van der Waals surface area contributed by atoms with Gasteiger partial charge >= 0.3 is 0 Å². The highest BCUT2D eigenvalue weighted by Gasteiger charge is 2.39. The average Bonchev–Trinajstić information content (AvgIpc) is 3.77. The first-order valence-electron chi connectivity index (χ1n) is 13.4. The van der Waals surface area contributed by atoms with Crippen molar-refractivity contribution >= 4 is 52.2 Å². The number of nitrogens with one attached hydrogen (secondary N) is 1. The molecular formula is C32H25ClN6O3S. The Morgan fingerprint density at radius 1 is 1.00 bits per heavy atom. The molecular weight excluding hydrogens is 584 g/mol. The number of amidine groups is 1. The van der Waals surface area contributed by atoms with Crippen LogP contribution in [0.1, 0.15) is 17.7 Å². The first-order valence-corrected chi connectivity index (χ1v) is 14.7. The van der Waals surface area contributed by atoms with E-state index < -0.39 is 5.25 Å². The second kappa shape index (κ2) is 12.9. The number of rotatable bonds is 9. The molecule has 2 amide bonds. The van der Waals surface area contributed by atoms with Gasteiger partial charge in [-0.25, -0.2) is 4.68 Å². The van der Waals surface area contributed by atoms with E-state index in [1.165, 1.54) is 16.7 Å². The van der Waals surface area contributed by atoms with Crippen molar-refractivity contribution in [2.75, 3.05) is 5.32 Å². The molecule has 1 unspecified atom stereocenters. The summed E-state index contributed by atoms with van der Waals surface area (Å²) in [4.78, 5) is 27.7. The summed E-state index contributed by atoms with van der Waals surface area (Å²) in [5, 5.41) is 16.7. The van der Waals surface area contributed by atoms with Gasteiger partial charge < -0.3 is 9.73 Å². The highest BCUT2D eigenvalue weighted by molar-refractivity contribution is 8.15. The van der Waals surface area contributed by atoms with Crippen molar-refractivity contribution < 1.29 is 14.0 Å². The highest BCUT2D eigenvalue weighted by atomic mass is 35.5. The number of thioether (sulfide) groups is 1. The van der Waals surface area contributed by atoms with Crippen molar-refractivity contribution in [1.29, 1.82) is 0 Å². The Morgan fingerprint density at radius 3 is 2.47 bits per heavy atom. The Morgan fingerprint density at radius 2 is 1.74 bits per heavy atom. The Kier molecular flexibility index (Phi) is 8.48. The van der Waals surface area contributed by atoms with Gasteiger partial charge in [-0.1, -0.05) is 71.9 Å². The summed E-state index contributed by atoms with van der Waals surface area (Å²) in [6.45, 7) is 0.170. The van der Waals surface area contributed by atoms with Gasteiger partial charge in [0.1, 0.15) is 16.7 Å². The molecule has 5 aromatic rings. The summed E-state index contributed by atoms with van der Waals surface area (Å²) < 4.78 is 7.28. The Balaban J connectivity index is 1.25. The van der Waals surface area contributed by atoms with E-state index in [1.807, 2.05) is 66.9 Å². The van der Waals surface area contributed by atoms with E-state index in [9.17, 15) is 9.59 Å². The molecule has 9 nitrogen and oxygen atoms in total. The average molecular weight is 609 g/mol. The minimum atomic E-state index is -0.670. The number of aromatic nitrogens is 2. The normalized spacial score (nSPS) is 15.9. The van der Waals surface area contributed by atoms with Gasteiger partial charge in [-0.2, -0.15) is 10.2 Å². The highest BCUT2D eigenvalue weighted by Crippen LogP contribution is 2.32. The number of furan rings is 1. The van der Waals surface area contributed by atoms with Gasteiger partial charge in [0.05, 0.1) is 24.7 Å². The fourth-order valence-electron chi connectivity index (χ4n) is 4.49. The minimum Gasteiger partial charge on any atom is -0.467 e. The molecule has 43 heavy (non-hydrogen) atoms. The van der Waals surface area contributed by atoms with Crippen molar-refractivity contribution in [3.05, 3.63) is 126 Å². The SMILES string of the molecule is O=C(CC1S/C(=N\N=C\c2cn(-c3ccccc3)nc2-c2ccccc2)N(Cc2ccco2)C1=O)Nc1ccc(Cl)cc1. The predicted molar refractivity (Wildman–Crippen MR) is 169 cm³/mol. The van der Waals surface area contributed by atoms with Crippen molar-refractivity contribution in [3.8, 4) is 16.9 Å². The Labute approximate surface area is 256 Å². The molecule has 0 aliphatic carbocycles. The van der Waals surface area contributed by atoms with Crippen LogP contribution >= 0.6 is 23.4 Å². The summed E-state index contributed by atoms with van der Waals surface area (Å²) in [5.41, 5.74) is 3.94. The van der Waals surface area contributed by atoms with E-state index in [1.54, 1.807) is 53.6 Å². The molecule has 11 heteroatoms. The molecule has 0 spiro atoms. The van der Waals surface area contributed by atoms with Crippen LogP contribution in [0.5, 0.6) is 0 Å². The number of hydrogen-bond acceptors (Lipinski definition) is 7. The molecule has 1 saturated heterocycles. The van der Waals surface area contributed by atoms with Gasteiger partial charge in [0.25, 0.3) is 0 Å².